The lowest BCUT2D eigenvalue weighted by Crippen LogP contribution is -2.45. The molecule has 1 aromatic carbocycles. The Kier molecular flexibility index (Phi) is 9.42. The van der Waals surface area contributed by atoms with Crippen LogP contribution in [0.25, 0.3) is 0 Å². The van der Waals surface area contributed by atoms with Crippen LogP contribution < -0.4 is 5.32 Å². The smallest absolute Gasteiger partial charge is 0.0468 e. The van der Waals surface area contributed by atoms with Crippen LogP contribution in [0.15, 0.2) is 18.2 Å². The molecule has 2 rings (SSSR count). The molecule has 0 amide bonds. The van der Waals surface area contributed by atoms with E-state index in [0.717, 1.165) is 37.6 Å². The third kappa shape index (κ3) is 4.96. The molecule has 19 heavy (non-hydrogen) atoms. The molecule has 1 N–H and O–H groups in total. The van der Waals surface area contributed by atoms with Gasteiger partial charge < -0.3 is 5.32 Å². The van der Waals surface area contributed by atoms with Gasteiger partial charge in [0.05, 0.1) is 0 Å². The predicted octanol–water partition coefficient (Wildman–Crippen LogP) is 4.19. The number of nitrogens with one attached hydrogen (secondary N) is 1. The van der Waals surface area contributed by atoms with E-state index >= 15 is 0 Å². The molecule has 0 radical (unpaired) electrons. The molecule has 0 unspecified atom stereocenters. The van der Waals surface area contributed by atoms with Crippen molar-refractivity contribution >= 4 is 48.0 Å². The van der Waals surface area contributed by atoms with Crippen LogP contribution in [0, 0.1) is 0 Å². The summed E-state index contributed by atoms with van der Waals surface area (Å²) in [6.45, 7) is 6.48. The maximum absolute atomic E-state index is 6.30. The van der Waals surface area contributed by atoms with E-state index in [-0.39, 0.29) is 24.8 Å². The van der Waals surface area contributed by atoms with Crippen molar-refractivity contribution in [2.45, 2.75) is 19.4 Å². The van der Waals surface area contributed by atoms with Crippen molar-refractivity contribution in [3.05, 3.63) is 33.8 Å². The Morgan fingerprint density at radius 2 is 1.84 bits per heavy atom. The summed E-state index contributed by atoms with van der Waals surface area (Å²) >= 11 is 12.2. The van der Waals surface area contributed by atoms with E-state index in [1.165, 1.54) is 5.56 Å². The number of piperazine rings is 1. The van der Waals surface area contributed by atoms with Crippen LogP contribution in [-0.2, 0) is 0 Å². The van der Waals surface area contributed by atoms with Gasteiger partial charge in [-0.2, -0.15) is 0 Å². The van der Waals surface area contributed by atoms with Gasteiger partial charge >= 0.3 is 0 Å². The molecule has 110 valence electrons. The third-order valence-electron chi connectivity index (χ3n) is 3.30. The van der Waals surface area contributed by atoms with Gasteiger partial charge in [-0.25, -0.2) is 0 Å². The van der Waals surface area contributed by atoms with Crippen LogP contribution in [0.5, 0.6) is 0 Å². The molecule has 1 fully saturated rings. The van der Waals surface area contributed by atoms with Gasteiger partial charge in [-0.15, -0.1) is 24.8 Å². The highest BCUT2D eigenvalue weighted by Gasteiger charge is 2.22. The van der Waals surface area contributed by atoms with E-state index in [0.29, 0.717) is 11.1 Å². The minimum Gasteiger partial charge on any atom is -0.314 e. The summed E-state index contributed by atoms with van der Waals surface area (Å²) < 4.78 is 0. The van der Waals surface area contributed by atoms with Gasteiger partial charge in [-0.05, 0) is 24.1 Å². The number of nitrogens with zero attached hydrogens (tertiary/aromatic N) is 1. The first-order chi connectivity index (χ1) is 8.22. The zero-order valence-corrected chi connectivity index (χ0v) is 14.0. The number of hydrogen-bond acceptors (Lipinski definition) is 2. The number of benzene rings is 1. The fraction of sp³-hybridized carbons (Fsp3) is 0.538. The average Bonchev–Trinajstić information content (AvgIpc) is 2.34. The predicted molar refractivity (Wildman–Crippen MR) is 88.4 cm³/mol. The van der Waals surface area contributed by atoms with Gasteiger partial charge in [0.25, 0.3) is 0 Å². The maximum atomic E-state index is 6.30. The average molecular weight is 346 g/mol. The van der Waals surface area contributed by atoms with E-state index in [4.69, 9.17) is 23.2 Å². The molecule has 0 aromatic heterocycles. The van der Waals surface area contributed by atoms with Crippen LogP contribution in [0.4, 0.5) is 0 Å². The number of hydrogen-bond donors (Lipinski definition) is 1. The molecule has 6 heteroatoms. The lowest BCUT2D eigenvalue weighted by atomic mass is 10.0. The molecule has 0 bridgehead atoms. The van der Waals surface area contributed by atoms with E-state index in [1.54, 1.807) is 0 Å². The second-order valence-corrected chi connectivity index (χ2v) is 5.22. The molecule has 1 aromatic rings. The van der Waals surface area contributed by atoms with Crippen LogP contribution in [0.2, 0.25) is 10.0 Å². The number of halogens is 4. The Morgan fingerprint density at radius 1 is 1.21 bits per heavy atom. The van der Waals surface area contributed by atoms with E-state index < -0.39 is 0 Å². The molecule has 0 aliphatic carbocycles. The van der Waals surface area contributed by atoms with Gasteiger partial charge in [0.15, 0.2) is 0 Å². The second kappa shape index (κ2) is 9.28. The summed E-state index contributed by atoms with van der Waals surface area (Å²) in [6.07, 6.45) is 1.07. The van der Waals surface area contributed by atoms with E-state index in [9.17, 15) is 0 Å². The fourth-order valence-electron chi connectivity index (χ4n) is 2.44. The van der Waals surface area contributed by atoms with Crippen molar-refractivity contribution in [2.75, 3.05) is 26.2 Å². The van der Waals surface area contributed by atoms with Crippen LogP contribution in [0.3, 0.4) is 0 Å². The molecular weight excluding hydrogens is 326 g/mol. The van der Waals surface area contributed by atoms with E-state index in [1.807, 2.05) is 12.1 Å². The molecular formula is C13H20Cl4N2. The summed E-state index contributed by atoms with van der Waals surface area (Å²) in [7, 11) is 0. The molecule has 1 heterocycles. The summed E-state index contributed by atoms with van der Waals surface area (Å²) in [5.41, 5.74) is 1.19. The quantitative estimate of drug-likeness (QED) is 0.883. The lowest BCUT2D eigenvalue weighted by Gasteiger charge is -2.35. The largest absolute Gasteiger partial charge is 0.314 e. The zero-order chi connectivity index (χ0) is 12.3. The van der Waals surface area contributed by atoms with Crippen LogP contribution in [0.1, 0.15) is 24.9 Å². The second-order valence-electron chi connectivity index (χ2n) is 4.38. The molecule has 1 atom stereocenters. The molecule has 0 spiro atoms. The minimum atomic E-state index is 0. The lowest BCUT2D eigenvalue weighted by molar-refractivity contribution is 0.169. The zero-order valence-electron chi connectivity index (χ0n) is 10.9. The highest BCUT2D eigenvalue weighted by Crippen LogP contribution is 2.32. The van der Waals surface area contributed by atoms with Crippen molar-refractivity contribution in [2.24, 2.45) is 0 Å². The van der Waals surface area contributed by atoms with Crippen LogP contribution >= 0.6 is 48.0 Å². The van der Waals surface area contributed by atoms with Crippen molar-refractivity contribution in [1.82, 2.24) is 10.2 Å². The first kappa shape index (κ1) is 19.3. The van der Waals surface area contributed by atoms with Crippen LogP contribution in [-0.4, -0.2) is 31.1 Å². The van der Waals surface area contributed by atoms with Crippen molar-refractivity contribution in [3.8, 4) is 0 Å². The Hall–Kier alpha value is 0.300. The molecule has 1 aliphatic rings. The van der Waals surface area contributed by atoms with Crippen molar-refractivity contribution < 1.29 is 0 Å². The summed E-state index contributed by atoms with van der Waals surface area (Å²) in [6, 6.07) is 6.22. The monoisotopic (exact) mass is 344 g/mol. The van der Waals surface area contributed by atoms with Gasteiger partial charge in [0.2, 0.25) is 0 Å². The Bertz CT molecular complexity index is 381. The fourth-order valence-corrected chi connectivity index (χ4v) is 2.97. The SMILES string of the molecule is CC[C@@H](c1ccc(Cl)cc1Cl)N1CCNCC1.Cl.Cl. The maximum Gasteiger partial charge on any atom is 0.0468 e. The van der Waals surface area contributed by atoms with Gasteiger partial charge in [0.1, 0.15) is 0 Å². The van der Waals surface area contributed by atoms with Crippen molar-refractivity contribution in [1.29, 1.82) is 0 Å². The normalized spacial score (nSPS) is 17.2. The highest BCUT2D eigenvalue weighted by molar-refractivity contribution is 6.35. The molecule has 2 nitrogen and oxygen atoms in total. The Morgan fingerprint density at radius 3 is 2.37 bits per heavy atom. The first-order valence-corrected chi connectivity index (χ1v) is 6.87. The van der Waals surface area contributed by atoms with Gasteiger partial charge in [-0.1, -0.05) is 36.2 Å². The standard InChI is InChI=1S/C13H18Cl2N2.2ClH/c1-2-13(17-7-5-16-6-8-17)11-4-3-10(14)9-12(11)15;;/h3-4,9,13,16H,2,5-8H2,1H3;2*1H/t13-;;/m0../s1. The third-order valence-corrected chi connectivity index (χ3v) is 3.86. The minimum absolute atomic E-state index is 0. The molecule has 1 saturated heterocycles. The summed E-state index contributed by atoms with van der Waals surface area (Å²) in [5, 5.41) is 4.86. The molecule has 1 aliphatic heterocycles. The Balaban J connectivity index is 0.00000162. The first-order valence-electron chi connectivity index (χ1n) is 6.12. The van der Waals surface area contributed by atoms with Gasteiger partial charge in [0, 0.05) is 42.3 Å². The number of rotatable bonds is 3. The summed E-state index contributed by atoms with van der Waals surface area (Å²) in [4.78, 5) is 2.49. The summed E-state index contributed by atoms with van der Waals surface area (Å²) in [5.74, 6) is 0. The Labute approximate surface area is 137 Å². The topological polar surface area (TPSA) is 15.3 Å². The van der Waals surface area contributed by atoms with Crippen molar-refractivity contribution in [3.63, 3.8) is 0 Å². The van der Waals surface area contributed by atoms with Gasteiger partial charge in [-0.3, -0.25) is 4.90 Å². The highest BCUT2D eigenvalue weighted by atomic mass is 35.5. The van der Waals surface area contributed by atoms with E-state index in [2.05, 4.69) is 23.2 Å². The molecule has 0 saturated carbocycles.